The number of esters is 1. The van der Waals surface area contributed by atoms with E-state index in [1.54, 1.807) is 12.1 Å². The van der Waals surface area contributed by atoms with Crippen molar-refractivity contribution in [1.29, 1.82) is 0 Å². The maximum Gasteiger partial charge on any atom is 0.483 e. The van der Waals surface area contributed by atoms with Crippen LogP contribution in [0.3, 0.4) is 0 Å². The highest BCUT2D eigenvalue weighted by Gasteiger charge is 2.51. The summed E-state index contributed by atoms with van der Waals surface area (Å²) in [5, 5.41) is 52.7. The number of nitrogens with zero attached hydrogens (tertiary/aromatic N) is 1. The van der Waals surface area contributed by atoms with Gasteiger partial charge in [0, 0.05) is 25.0 Å². The van der Waals surface area contributed by atoms with E-state index < -0.39 is 101 Å². The van der Waals surface area contributed by atoms with E-state index in [2.05, 4.69) is 14.2 Å². The largest absolute Gasteiger partial charge is 0.483 e. The van der Waals surface area contributed by atoms with Crippen LogP contribution < -0.4 is 16.6 Å². The van der Waals surface area contributed by atoms with Gasteiger partial charge in [0.15, 0.2) is 18.6 Å². The van der Waals surface area contributed by atoms with Gasteiger partial charge in [-0.1, -0.05) is 12.1 Å². The molecule has 4 rings (SSSR count). The topological polar surface area (TPSA) is 315 Å². The summed E-state index contributed by atoms with van der Waals surface area (Å²) in [6.45, 7) is -2.01. The van der Waals surface area contributed by atoms with E-state index in [1.807, 2.05) is 4.98 Å². The highest BCUT2D eigenvalue weighted by atomic mass is 31.3. The lowest BCUT2D eigenvalue weighted by Crippen LogP contribution is -2.58. The fourth-order valence-corrected chi connectivity index (χ4v) is 6.71. The number of phosphoric ester groups is 2. The standard InChI is InChI=1S/C23H31N3O18P2/c1-24-11-5-3-2-4-10(11)21(33)42-19-13(40-20(18(19)32)26-7-6-14(28)25-23(26)34)9-39-45(35,36)44-46(37,38)43-22-17(31)16(30)15(29)12(8-27)41-22/h2-7,12-13,15-20,22,24,27,29-32H,8-9H2,1H3,(H,35,36)(H,37,38)(H,25,28,34)/t12-,13-,15-,16+,17-,18-,19-,20-,22-/m1/s1. The number of H-pyrrole nitrogens is 1. The number of carbonyl (C=O) groups is 1. The van der Waals surface area contributed by atoms with Gasteiger partial charge in [-0.15, -0.1) is 0 Å². The minimum Gasteiger partial charge on any atom is -0.453 e. The lowest BCUT2D eigenvalue weighted by atomic mass is 10.00. The third kappa shape index (κ3) is 8.16. The Bertz CT molecular complexity index is 1600. The van der Waals surface area contributed by atoms with E-state index in [9.17, 15) is 58.8 Å². The summed E-state index contributed by atoms with van der Waals surface area (Å²) in [6.07, 6.45) is -15.7. The van der Waals surface area contributed by atoms with Crippen molar-refractivity contribution in [1.82, 2.24) is 9.55 Å². The molecule has 1 aromatic heterocycles. The zero-order valence-electron chi connectivity index (χ0n) is 23.5. The Labute approximate surface area is 257 Å². The van der Waals surface area contributed by atoms with Crippen LogP contribution in [0.1, 0.15) is 16.6 Å². The van der Waals surface area contributed by atoms with Gasteiger partial charge in [-0.25, -0.2) is 18.7 Å². The van der Waals surface area contributed by atoms with Gasteiger partial charge < -0.3 is 54.8 Å². The maximum absolute atomic E-state index is 13.0. The normalized spacial score (nSPS) is 32.3. The molecule has 0 saturated carbocycles. The number of aromatic amines is 1. The molecule has 0 bridgehead atoms. The molecule has 0 aliphatic carbocycles. The number of aliphatic hydroxyl groups is 5. The Morgan fingerprint density at radius 2 is 1.67 bits per heavy atom. The molecule has 2 aliphatic rings. The second kappa shape index (κ2) is 14.5. The zero-order chi connectivity index (χ0) is 34.0. The van der Waals surface area contributed by atoms with E-state index in [-0.39, 0.29) is 5.56 Å². The number of para-hydroxylation sites is 1. The van der Waals surface area contributed by atoms with Crippen LogP contribution in [-0.4, -0.2) is 120 Å². The van der Waals surface area contributed by atoms with Crippen molar-refractivity contribution in [2.45, 2.75) is 55.2 Å². The molecule has 2 fully saturated rings. The summed E-state index contributed by atoms with van der Waals surface area (Å²) in [7, 11) is -9.80. The van der Waals surface area contributed by atoms with Crippen molar-refractivity contribution >= 4 is 27.3 Å². The van der Waals surface area contributed by atoms with Crippen molar-refractivity contribution in [3.63, 3.8) is 0 Å². The van der Waals surface area contributed by atoms with Crippen LogP contribution in [0.15, 0.2) is 46.1 Å². The summed E-state index contributed by atoms with van der Waals surface area (Å²) in [6, 6.07) is 6.98. The molecule has 0 amide bonds. The predicted octanol–water partition coefficient (Wildman–Crippen LogP) is -2.89. The molecule has 23 heteroatoms. The van der Waals surface area contributed by atoms with Crippen molar-refractivity contribution < 1.29 is 76.8 Å². The minimum atomic E-state index is -5.69. The van der Waals surface area contributed by atoms with E-state index in [1.165, 1.54) is 19.2 Å². The smallest absolute Gasteiger partial charge is 0.453 e. The summed E-state index contributed by atoms with van der Waals surface area (Å²) in [5.74, 6) is -1.01. The number of aromatic nitrogens is 2. The molecule has 11 atom stereocenters. The lowest BCUT2D eigenvalue weighted by Gasteiger charge is -2.39. The van der Waals surface area contributed by atoms with Gasteiger partial charge in [0.1, 0.15) is 36.6 Å². The monoisotopic (exact) mass is 699 g/mol. The van der Waals surface area contributed by atoms with Gasteiger partial charge in [0.05, 0.1) is 18.8 Å². The quantitative estimate of drug-likeness (QED) is 0.0793. The number of phosphoric acid groups is 2. The molecule has 9 N–H and O–H groups in total. The van der Waals surface area contributed by atoms with Crippen LogP contribution in [0.2, 0.25) is 0 Å². The number of aliphatic hydroxyl groups excluding tert-OH is 5. The first-order valence-electron chi connectivity index (χ1n) is 13.2. The molecule has 21 nitrogen and oxygen atoms in total. The molecule has 0 spiro atoms. The van der Waals surface area contributed by atoms with Crippen LogP contribution in [0, 0.1) is 0 Å². The van der Waals surface area contributed by atoms with Crippen LogP contribution in [-0.2, 0) is 36.7 Å². The van der Waals surface area contributed by atoms with Crippen LogP contribution in [0.5, 0.6) is 0 Å². The average molecular weight is 699 g/mol. The molecule has 2 aromatic rings. The third-order valence-electron chi connectivity index (χ3n) is 6.79. The van der Waals surface area contributed by atoms with Gasteiger partial charge in [-0.05, 0) is 12.1 Å². The number of nitrogens with one attached hydrogen (secondary N) is 2. The minimum absolute atomic E-state index is 0.00394. The second-order valence-electron chi connectivity index (χ2n) is 9.86. The van der Waals surface area contributed by atoms with Crippen molar-refractivity contribution in [3.8, 4) is 0 Å². The molecule has 2 aliphatic heterocycles. The molecular weight excluding hydrogens is 668 g/mol. The molecule has 2 saturated heterocycles. The number of hydrogen-bond acceptors (Lipinski definition) is 17. The lowest BCUT2D eigenvalue weighted by molar-refractivity contribution is -0.280. The fourth-order valence-electron chi connectivity index (χ4n) is 4.55. The number of ether oxygens (including phenoxy) is 3. The molecule has 0 radical (unpaired) electrons. The molecule has 2 unspecified atom stereocenters. The van der Waals surface area contributed by atoms with Crippen LogP contribution in [0.25, 0.3) is 0 Å². The van der Waals surface area contributed by atoms with E-state index >= 15 is 0 Å². The zero-order valence-corrected chi connectivity index (χ0v) is 25.3. The Morgan fingerprint density at radius 1 is 0.978 bits per heavy atom. The molecule has 256 valence electrons. The van der Waals surface area contributed by atoms with Crippen LogP contribution >= 0.6 is 15.6 Å². The maximum atomic E-state index is 13.0. The first-order chi connectivity index (χ1) is 21.6. The van der Waals surface area contributed by atoms with E-state index in [0.29, 0.717) is 5.69 Å². The second-order valence-corrected chi connectivity index (χ2v) is 12.9. The van der Waals surface area contributed by atoms with Gasteiger partial charge >= 0.3 is 27.3 Å². The van der Waals surface area contributed by atoms with Gasteiger partial charge in [-0.3, -0.25) is 23.4 Å². The average Bonchev–Trinajstić information content (AvgIpc) is 3.29. The van der Waals surface area contributed by atoms with E-state index in [0.717, 1.165) is 16.8 Å². The van der Waals surface area contributed by atoms with Crippen molar-refractivity contribution in [3.05, 3.63) is 62.9 Å². The molecule has 3 heterocycles. The van der Waals surface area contributed by atoms with Crippen molar-refractivity contribution in [2.24, 2.45) is 0 Å². The number of rotatable bonds is 12. The van der Waals surface area contributed by atoms with Crippen molar-refractivity contribution in [2.75, 3.05) is 25.6 Å². The number of hydrogen-bond donors (Lipinski definition) is 9. The Morgan fingerprint density at radius 3 is 2.33 bits per heavy atom. The first kappa shape index (κ1) is 36.0. The summed E-state index contributed by atoms with van der Waals surface area (Å²) < 4.78 is 55.3. The highest BCUT2D eigenvalue weighted by Crippen LogP contribution is 2.61. The molecule has 46 heavy (non-hydrogen) atoms. The van der Waals surface area contributed by atoms with Gasteiger partial charge in [-0.2, -0.15) is 4.31 Å². The van der Waals surface area contributed by atoms with Gasteiger partial charge in [0.2, 0.25) is 0 Å². The molecular formula is C23H31N3O18P2. The number of anilines is 1. The number of carbonyl (C=O) groups excluding carboxylic acids is 1. The summed E-state index contributed by atoms with van der Waals surface area (Å²) in [5.41, 5.74) is -1.48. The Balaban J connectivity index is 1.51. The Hall–Kier alpha value is -2.85. The van der Waals surface area contributed by atoms with Crippen LogP contribution in [0.4, 0.5) is 5.69 Å². The SMILES string of the molecule is CNc1ccccc1C(=O)O[C@H]1[C@@H](O)[C@H](n2ccc(=O)[nH]c2=O)O[C@@H]1COP(=O)(O)OP(=O)(O)O[C@H]1O[C@H](CO)[C@@H](O)[C@H](O)[C@H]1O. The Kier molecular flexibility index (Phi) is 11.3. The van der Waals surface area contributed by atoms with E-state index in [4.69, 9.17) is 18.7 Å². The first-order valence-corrected chi connectivity index (χ1v) is 16.2. The summed E-state index contributed by atoms with van der Waals surface area (Å²) >= 11 is 0. The predicted molar refractivity (Wildman–Crippen MR) is 148 cm³/mol. The number of benzene rings is 1. The highest BCUT2D eigenvalue weighted by molar-refractivity contribution is 7.61. The fraction of sp³-hybridized carbons (Fsp3) is 0.522. The molecule has 1 aromatic carbocycles. The summed E-state index contributed by atoms with van der Waals surface area (Å²) in [4.78, 5) is 59.1. The van der Waals surface area contributed by atoms with Gasteiger partial charge in [0.25, 0.3) is 5.56 Å². The third-order valence-corrected chi connectivity index (χ3v) is 9.39.